The minimum absolute atomic E-state index is 0. The molecule has 0 saturated heterocycles. The molecule has 5 saturated carbocycles. The zero-order chi connectivity index (χ0) is 28.7. The number of rotatable bonds is 4. The summed E-state index contributed by atoms with van der Waals surface area (Å²) in [6, 6.07) is 10.0. The maximum atomic E-state index is 7.50. The summed E-state index contributed by atoms with van der Waals surface area (Å²) in [6.07, 6.45) is 37.7. The molecule has 236 valence electrons. The molecule has 2 atom stereocenters. The Morgan fingerprint density at radius 3 is 0.857 bits per heavy atom. The molecule has 1 aromatic rings. The Morgan fingerprint density at radius 2 is 0.714 bits per heavy atom. The minimum Gasteiger partial charge on any atom is -0.214 e. The van der Waals surface area contributed by atoms with Crippen LogP contribution in [-0.2, 0) is 51.4 Å². The van der Waals surface area contributed by atoms with Crippen molar-refractivity contribution >= 4 is 17.2 Å². The van der Waals surface area contributed by atoms with Crippen molar-refractivity contribution in [2.24, 2.45) is 11.8 Å². The van der Waals surface area contributed by atoms with Gasteiger partial charge in [-0.3, -0.25) is 0 Å². The van der Waals surface area contributed by atoms with Crippen molar-refractivity contribution in [2.45, 2.75) is 151 Å². The van der Waals surface area contributed by atoms with Crippen LogP contribution in [0.15, 0.2) is 42.5 Å². The largest absolute Gasteiger partial charge is 0.214 e. The summed E-state index contributed by atoms with van der Waals surface area (Å²) in [4.78, 5) is 0. The maximum Gasteiger partial charge on any atom is 0 e. The van der Waals surface area contributed by atoms with Crippen LogP contribution in [0, 0.1) is 31.6 Å². The molecule has 0 bridgehead atoms. The first-order valence-electron chi connectivity index (χ1n) is 16.5. The van der Waals surface area contributed by atoms with Crippen LogP contribution >= 0.6 is 17.2 Å². The van der Waals surface area contributed by atoms with Crippen molar-refractivity contribution in [3.8, 4) is 0 Å². The van der Waals surface area contributed by atoms with E-state index in [0.29, 0.717) is 0 Å². The molecule has 0 heterocycles. The van der Waals surface area contributed by atoms with Crippen LogP contribution in [0.2, 0.25) is 0 Å². The molecule has 0 spiro atoms. The molecule has 7 rings (SSSR count). The van der Waals surface area contributed by atoms with Crippen molar-refractivity contribution in [1.29, 1.82) is 0 Å². The van der Waals surface area contributed by atoms with Gasteiger partial charge in [-0.25, -0.2) is 12.1 Å². The summed E-state index contributed by atoms with van der Waals surface area (Å²) in [7, 11) is 2.66. The van der Waals surface area contributed by atoms with E-state index in [2.05, 4.69) is 31.9 Å². The van der Waals surface area contributed by atoms with E-state index < -0.39 is 0 Å². The predicted molar refractivity (Wildman–Crippen MR) is 174 cm³/mol. The number of allylic oxidation sites excluding steroid dienone is 2. The third-order valence-corrected chi connectivity index (χ3v) is 13.4. The van der Waals surface area contributed by atoms with Gasteiger partial charge in [0.15, 0.2) is 0 Å². The molecule has 0 N–H and O–H groups in total. The summed E-state index contributed by atoms with van der Waals surface area (Å²) >= 11 is 0. The molecular weight excluding hydrogens is 718 g/mol. The van der Waals surface area contributed by atoms with Crippen molar-refractivity contribution < 1.29 is 51.4 Å². The Labute approximate surface area is 291 Å². The van der Waals surface area contributed by atoms with Gasteiger partial charge < -0.3 is 6.42 Å². The molecule has 0 aromatic heterocycles. The van der Waals surface area contributed by atoms with E-state index in [1.807, 2.05) is 30.3 Å². The SMILES string of the molecule is C1=CC2[CH-]C12.C1CCC(PC2CCCCC2)CC1.C1CCC(PC2CCCCC2)CC1.[C-]#[O+].[C-]#[O+].[Mo].[Mo].c1cc[cH-]c1. The first kappa shape index (κ1) is 42.8. The predicted octanol–water partition coefficient (Wildman–Crippen LogP) is 11.0. The van der Waals surface area contributed by atoms with Gasteiger partial charge in [0.25, 0.3) is 0 Å². The fourth-order valence-corrected chi connectivity index (χ4v) is 11.1. The van der Waals surface area contributed by atoms with E-state index in [1.165, 1.54) is 94.2 Å². The quantitative estimate of drug-likeness (QED) is 0.0961. The fraction of sp³-hybridized carbons (Fsp3) is 0.722. The monoisotopic (exact) mass is 778 g/mol. The van der Waals surface area contributed by atoms with E-state index >= 15 is 0 Å². The van der Waals surface area contributed by atoms with Gasteiger partial charge in [0, 0.05) is 42.1 Å². The van der Waals surface area contributed by atoms with Crippen molar-refractivity contribution in [2.75, 3.05) is 0 Å². The summed E-state index contributed by atoms with van der Waals surface area (Å²) in [6.45, 7) is 9.00. The normalized spacial score (nSPS) is 24.7. The van der Waals surface area contributed by atoms with Gasteiger partial charge in [0.1, 0.15) is 0 Å². The first-order chi connectivity index (χ1) is 19.9. The summed E-state index contributed by atoms with van der Waals surface area (Å²) in [5.74, 6) is 1.85. The van der Waals surface area contributed by atoms with Crippen LogP contribution in [0.1, 0.15) is 128 Å². The molecule has 2 nitrogen and oxygen atoms in total. The number of hydrogen-bond donors (Lipinski definition) is 0. The molecule has 2 unspecified atom stereocenters. The molecule has 1 aromatic carbocycles. The van der Waals surface area contributed by atoms with E-state index in [0.717, 1.165) is 34.5 Å². The van der Waals surface area contributed by atoms with Gasteiger partial charge in [-0.15, -0.1) is 29.3 Å². The Bertz CT molecular complexity index is 659. The van der Waals surface area contributed by atoms with E-state index in [-0.39, 0.29) is 42.1 Å². The molecule has 0 radical (unpaired) electrons. The van der Waals surface area contributed by atoms with E-state index in [9.17, 15) is 0 Å². The molecule has 6 heteroatoms. The topological polar surface area (TPSA) is 39.8 Å². The number of hydrogen-bond acceptors (Lipinski definition) is 0. The van der Waals surface area contributed by atoms with Crippen LogP contribution in [0.5, 0.6) is 0 Å². The molecule has 5 fully saturated rings. The van der Waals surface area contributed by atoms with Gasteiger partial charge in [-0.1, -0.05) is 77.0 Å². The fourth-order valence-electron chi connectivity index (χ4n) is 6.75. The summed E-state index contributed by atoms with van der Waals surface area (Å²) in [5.41, 5.74) is 4.60. The second-order valence-corrected chi connectivity index (χ2v) is 16.3. The molecular formula is C36H56Mo2O2P2-2. The van der Waals surface area contributed by atoms with Gasteiger partial charge in [0.2, 0.25) is 0 Å². The second kappa shape index (κ2) is 29.2. The second-order valence-electron chi connectivity index (χ2n) is 12.4. The Morgan fingerprint density at radius 1 is 0.452 bits per heavy atom. The van der Waals surface area contributed by atoms with Crippen LogP contribution in [0.4, 0.5) is 0 Å². The van der Waals surface area contributed by atoms with Crippen molar-refractivity contribution in [3.63, 3.8) is 0 Å². The first-order valence-corrected chi connectivity index (χ1v) is 18.8. The standard InChI is InChI=1S/2C12H23P.2C5H5.2CO.2Mo/c2*1-3-7-11(8-4-1)13-12-9-5-2-6-10-12;1-2-5-3-4(1)5;1-2-4-5-3-1;2*1-2;;/h2*11-13H,1-10H2;2*1-5H;;;;/q;;2*-1;;;;. The van der Waals surface area contributed by atoms with Crippen LogP contribution in [0.3, 0.4) is 0 Å². The zero-order valence-electron chi connectivity index (χ0n) is 25.9. The van der Waals surface area contributed by atoms with E-state index in [1.54, 1.807) is 51.4 Å². The molecule has 0 amide bonds. The molecule has 6 aliphatic rings. The Balaban J connectivity index is 0.000000538. The number of fused-ring (bicyclic) bond motifs is 1. The third kappa shape index (κ3) is 20.0. The molecule has 42 heavy (non-hydrogen) atoms. The summed E-state index contributed by atoms with van der Waals surface area (Å²) in [5, 5.41) is 0. The zero-order valence-corrected chi connectivity index (χ0v) is 31.9. The third-order valence-electron chi connectivity index (χ3n) is 9.22. The van der Waals surface area contributed by atoms with Crippen LogP contribution in [0.25, 0.3) is 0 Å². The van der Waals surface area contributed by atoms with Gasteiger partial charge in [0.05, 0.1) is 0 Å². The molecule has 6 aliphatic carbocycles. The van der Waals surface area contributed by atoms with Gasteiger partial charge in [-0.05, 0) is 74.0 Å². The van der Waals surface area contributed by atoms with Gasteiger partial charge >= 0.3 is 22.6 Å². The maximum absolute atomic E-state index is 7.50. The van der Waals surface area contributed by atoms with Crippen LogP contribution < -0.4 is 0 Å². The van der Waals surface area contributed by atoms with Crippen molar-refractivity contribution in [3.05, 3.63) is 62.2 Å². The van der Waals surface area contributed by atoms with E-state index in [4.69, 9.17) is 9.30 Å². The Hall–Kier alpha value is 0.807. The average molecular weight is 775 g/mol. The smallest absolute Gasteiger partial charge is 0 e. The van der Waals surface area contributed by atoms with Crippen molar-refractivity contribution in [1.82, 2.24) is 0 Å². The minimum atomic E-state index is 0. The van der Waals surface area contributed by atoms with Gasteiger partial charge in [-0.2, -0.15) is 30.0 Å². The average Bonchev–Trinajstić information content (AvgIpc) is 3.38. The summed E-state index contributed by atoms with van der Waals surface area (Å²) < 4.78 is 15.0. The van der Waals surface area contributed by atoms with Crippen LogP contribution in [-0.4, -0.2) is 22.6 Å². The molecule has 0 aliphatic heterocycles. The Kier molecular flexibility index (Phi) is 29.8.